The normalized spacial score (nSPS) is 20.4. The van der Waals surface area contributed by atoms with Gasteiger partial charge in [-0.2, -0.15) is 0 Å². The van der Waals surface area contributed by atoms with Gasteiger partial charge in [0, 0.05) is 0 Å². The molecule has 0 spiro atoms. The molecule has 0 atom stereocenters. The highest BCUT2D eigenvalue weighted by Crippen LogP contribution is 2.46. The van der Waals surface area contributed by atoms with Gasteiger partial charge in [0.15, 0.2) is 0 Å². The van der Waals surface area contributed by atoms with Crippen molar-refractivity contribution in [2.45, 2.75) is 63.6 Å². The number of carbonyl (C=O) groups is 1. The van der Waals surface area contributed by atoms with Crippen molar-refractivity contribution in [3.05, 3.63) is 64.7 Å². The maximum Gasteiger partial charge on any atom is 0.329 e. The molecule has 4 rings (SSSR count). The van der Waals surface area contributed by atoms with Gasteiger partial charge < -0.3 is 19.3 Å². The van der Waals surface area contributed by atoms with Crippen molar-refractivity contribution in [1.29, 1.82) is 0 Å². The zero-order valence-electron chi connectivity index (χ0n) is 18.9. The van der Waals surface area contributed by atoms with Crippen LogP contribution >= 0.6 is 0 Å². The average Bonchev–Trinajstić information content (AvgIpc) is 2.70. The van der Waals surface area contributed by atoms with E-state index in [2.05, 4.69) is 45.9 Å². The fourth-order valence-corrected chi connectivity index (χ4v) is 4.57. The number of hydrogen-bond donors (Lipinski definition) is 1. The Morgan fingerprint density at radius 1 is 0.968 bits per heavy atom. The molecule has 31 heavy (non-hydrogen) atoms. The summed E-state index contributed by atoms with van der Waals surface area (Å²) in [5.74, 6) is -0.211. The van der Waals surface area contributed by atoms with Gasteiger partial charge in [-0.15, -0.1) is 0 Å². The molecule has 0 amide bonds. The lowest BCUT2D eigenvalue weighted by atomic mass is 9.63. The number of rotatable bonds is 7. The van der Waals surface area contributed by atoms with Crippen molar-refractivity contribution in [3.63, 3.8) is 0 Å². The van der Waals surface area contributed by atoms with E-state index >= 15 is 0 Å². The van der Waals surface area contributed by atoms with Crippen LogP contribution in [0.2, 0.25) is 0 Å². The van der Waals surface area contributed by atoms with E-state index in [1.54, 1.807) is 0 Å². The summed E-state index contributed by atoms with van der Waals surface area (Å²) >= 11 is 0. The van der Waals surface area contributed by atoms with E-state index in [0.717, 1.165) is 11.3 Å². The van der Waals surface area contributed by atoms with Crippen molar-refractivity contribution in [3.8, 4) is 5.75 Å². The summed E-state index contributed by atoms with van der Waals surface area (Å²) < 4.78 is 16.9. The first-order valence-corrected chi connectivity index (χ1v) is 10.9. The monoisotopic (exact) mass is 424 g/mol. The number of fused-ring (bicyclic) bond motifs is 1. The lowest BCUT2D eigenvalue weighted by molar-refractivity contribution is -0.220. The Labute approximate surface area is 184 Å². The minimum Gasteiger partial charge on any atom is -0.489 e. The number of carboxylic acid groups (broad SMARTS) is 1. The van der Waals surface area contributed by atoms with Crippen molar-refractivity contribution < 1.29 is 24.1 Å². The second kappa shape index (κ2) is 7.95. The van der Waals surface area contributed by atoms with E-state index in [1.165, 1.54) is 29.5 Å². The first-order valence-electron chi connectivity index (χ1n) is 10.9. The molecule has 1 fully saturated rings. The maximum absolute atomic E-state index is 10.9. The van der Waals surface area contributed by atoms with E-state index in [0.29, 0.717) is 19.8 Å². The number of benzene rings is 2. The standard InChI is InChI=1S/C26H32O5/c1-24(2)11-12-25(3,4)22-13-18(5-10-21(22)24)14-30-20-8-6-19(7-9-20)26(16-29-17-26)31-15-23(27)28/h5-10,13H,11-12,14-17H2,1-4H3,(H,27,28). The first kappa shape index (κ1) is 21.8. The van der Waals surface area contributed by atoms with Gasteiger partial charge in [0.25, 0.3) is 0 Å². The van der Waals surface area contributed by atoms with Crippen molar-refractivity contribution >= 4 is 5.97 Å². The summed E-state index contributed by atoms with van der Waals surface area (Å²) in [4.78, 5) is 10.9. The molecule has 1 saturated heterocycles. The van der Waals surface area contributed by atoms with Crippen LogP contribution in [0.25, 0.3) is 0 Å². The minimum atomic E-state index is -0.983. The summed E-state index contributed by atoms with van der Waals surface area (Å²) in [6.07, 6.45) is 2.39. The molecular formula is C26H32O5. The molecule has 1 heterocycles. The number of ether oxygens (including phenoxy) is 3. The predicted octanol–water partition coefficient (Wildman–Crippen LogP) is 4.94. The van der Waals surface area contributed by atoms with Gasteiger partial charge in [0.1, 0.15) is 24.6 Å². The molecule has 5 heteroatoms. The van der Waals surface area contributed by atoms with Crippen LogP contribution in [0.5, 0.6) is 5.75 Å². The third kappa shape index (κ3) is 4.35. The van der Waals surface area contributed by atoms with Crippen LogP contribution in [0.15, 0.2) is 42.5 Å². The maximum atomic E-state index is 10.9. The van der Waals surface area contributed by atoms with Crippen LogP contribution in [0.3, 0.4) is 0 Å². The lowest BCUT2D eigenvalue weighted by Crippen LogP contribution is -2.49. The Balaban J connectivity index is 1.45. The molecule has 1 aliphatic heterocycles. The summed E-state index contributed by atoms with van der Waals surface area (Å²) in [6, 6.07) is 14.4. The van der Waals surface area contributed by atoms with Gasteiger partial charge in [0.05, 0.1) is 13.2 Å². The zero-order chi connectivity index (χ0) is 22.3. The fraction of sp³-hybridized carbons (Fsp3) is 0.500. The van der Waals surface area contributed by atoms with Gasteiger partial charge in [0.2, 0.25) is 0 Å². The lowest BCUT2D eigenvalue weighted by Gasteiger charge is -2.42. The number of carboxylic acids is 1. The minimum absolute atomic E-state index is 0.178. The highest BCUT2D eigenvalue weighted by atomic mass is 16.6. The van der Waals surface area contributed by atoms with E-state index in [9.17, 15) is 4.79 Å². The topological polar surface area (TPSA) is 65.0 Å². The Bertz CT molecular complexity index is 954. The van der Waals surface area contributed by atoms with Gasteiger partial charge in [-0.1, -0.05) is 58.0 Å². The molecule has 0 saturated carbocycles. The van der Waals surface area contributed by atoms with E-state index in [-0.39, 0.29) is 17.4 Å². The average molecular weight is 425 g/mol. The fourth-order valence-electron chi connectivity index (χ4n) is 4.57. The number of aliphatic carboxylic acids is 1. The van der Waals surface area contributed by atoms with Crippen molar-refractivity contribution in [2.24, 2.45) is 0 Å². The van der Waals surface area contributed by atoms with Crippen LogP contribution in [0.1, 0.15) is 62.8 Å². The van der Waals surface area contributed by atoms with E-state index in [1.807, 2.05) is 24.3 Å². The van der Waals surface area contributed by atoms with Crippen LogP contribution in [0, 0.1) is 0 Å². The molecule has 2 aromatic carbocycles. The summed E-state index contributed by atoms with van der Waals surface area (Å²) in [7, 11) is 0. The highest BCUT2D eigenvalue weighted by molar-refractivity contribution is 5.68. The Morgan fingerprint density at radius 2 is 1.61 bits per heavy atom. The first-order chi connectivity index (χ1) is 14.6. The van der Waals surface area contributed by atoms with E-state index < -0.39 is 11.6 Å². The van der Waals surface area contributed by atoms with Crippen LogP contribution in [0.4, 0.5) is 0 Å². The molecule has 0 radical (unpaired) electrons. The Morgan fingerprint density at radius 3 is 2.19 bits per heavy atom. The summed E-state index contributed by atoms with van der Waals surface area (Å²) in [5, 5.41) is 8.91. The molecule has 1 N–H and O–H groups in total. The molecule has 1 aliphatic carbocycles. The highest BCUT2D eigenvalue weighted by Gasteiger charge is 2.42. The molecule has 0 bridgehead atoms. The van der Waals surface area contributed by atoms with Gasteiger partial charge >= 0.3 is 5.97 Å². The number of hydrogen-bond acceptors (Lipinski definition) is 4. The van der Waals surface area contributed by atoms with Crippen molar-refractivity contribution in [2.75, 3.05) is 19.8 Å². The van der Waals surface area contributed by atoms with Gasteiger partial charge in [-0.05, 0) is 58.1 Å². The molecule has 5 nitrogen and oxygen atoms in total. The van der Waals surface area contributed by atoms with Crippen molar-refractivity contribution in [1.82, 2.24) is 0 Å². The van der Waals surface area contributed by atoms with Gasteiger partial charge in [-0.3, -0.25) is 0 Å². The molecule has 2 aliphatic rings. The van der Waals surface area contributed by atoms with Crippen LogP contribution in [-0.4, -0.2) is 30.9 Å². The van der Waals surface area contributed by atoms with E-state index in [4.69, 9.17) is 19.3 Å². The van der Waals surface area contributed by atoms with Gasteiger partial charge in [-0.25, -0.2) is 4.79 Å². The Hall–Kier alpha value is -2.37. The molecule has 166 valence electrons. The van der Waals surface area contributed by atoms with Crippen LogP contribution < -0.4 is 4.74 Å². The second-order valence-corrected chi connectivity index (χ2v) is 10.1. The SMILES string of the molecule is CC1(C)CCC(C)(C)c2cc(COc3ccc(C4(OCC(=O)O)COC4)cc3)ccc21. The van der Waals surface area contributed by atoms with Crippen LogP contribution in [-0.2, 0) is 37.3 Å². The second-order valence-electron chi connectivity index (χ2n) is 10.1. The summed E-state index contributed by atoms with van der Waals surface area (Å²) in [5.41, 5.74) is 4.68. The third-order valence-electron chi connectivity index (χ3n) is 6.85. The summed E-state index contributed by atoms with van der Waals surface area (Å²) in [6.45, 7) is 10.2. The zero-order valence-corrected chi connectivity index (χ0v) is 18.9. The smallest absolute Gasteiger partial charge is 0.329 e. The molecular weight excluding hydrogens is 392 g/mol. The third-order valence-corrected chi connectivity index (χ3v) is 6.85. The molecule has 0 aromatic heterocycles. The predicted molar refractivity (Wildman–Crippen MR) is 119 cm³/mol. The quantitative estimate of drug-likeness (QED) is 0.682. The molecule has 2 aromatic rings. The molecule has 0 unspecified atom stereocenters. The largest absolute Gasteiger partial charge is 0.489 e. The Kier molecular flexibility index (Phi) is 5.61.